The van der Waals surface area contributed by atoms with Crippen molar-refractivity contribution in [2.45, 2.75) is 76.3 Å². The Labute approximate surface area is 326 Å². The van der Waals surface area contributed by atoms with E-state index in [9.17, 15) is 28.8 Å². The van der Waals surface area contributed by atoms with Gasteiger partial charge in [-0.25, -0.2) is 0 Å². The van der Waals surface area contributed by atoms with E-state index in [-0.39, 0.29) is 19.3 Å². The lowest BCUT2D eigenvalue weighted by Gasteiger charge is -2.36. The van der Waals surface area contributed by atoms with Gasteiger partial charge in [-0.2, -0.15) is 0 Å². The van der Waals surface area contributed by atoms with E-state index >= 15 is 0 Å². The zero-order valence-electron chi connectivity index (χ0n) is 33.0. The van der Waals surface area contributed by atoms with Crippen LogP contribution in [0.15, 0.2) is 66.7 Å². The molecule has 6 rings (SSSR count). The summed E-state index contributed by atoms with van der Waals surface area (Å²) in [4.78, 5) is 88.2. The van der Waals surface area contributed by atoms with E-state index in [4.69, 9.17) is 14.2 Å². The molecule has 1 saturated heterocycles. The number of fused-ring (bicyclic) bond motifs is 2. The molecule has 3 aliphatic heterocycles. The second-order valence-electron chi connectivity index (χ2n) is 14.3. The largest absolute Gasteiger partial charge is 0.497 e. The van der Waals surface area contributed by atoms with Crippen molar-refractivity contribution in [1.29, 1.82) is 0 Å². The summed E-state index contributed by atoms with van der Waals surface area (Å²) >= 11 is 0. The van der Waals surface area contributed by atoms with Gasteiger partial charge in [-0.15, -0.1) is 0 Å². The van der Waals surface area contributed by atoms with Gasteiger partial charge in [-0.3, -0.25) is 28.8 Å². The first-order valence-corrected chi connectivity index (χ1v) is 18.4. The van der Waals surface area contributed by atoms with Crippen molar-refractivity contribution in [3.63, 3.8) is 0 Å². The molecular formula is C41H50N6O9. The molecule has 0 aromatic heterocycles. The van der Waals surface area contributed by atoms with Crippen LogP contribution in [0.4, 0.5) is 0 Å². The highest BCUT2D eigenvalue weighted by Crippen LogP contribution is 2.34. The second-order valence-corrected chi connectivity index (χ2v) is 14.3. The Morgan fingerprint density at radius 2 is 1.16 bits per heavy atom. The molecule has 0 saturated carbocycles. The van der Waals surface area contributed by atoms with Gasteiger partial charge in [0.2, 0.25) is 35.4 Å². The summed E-state index contributed by atoms with van der Waals surface area (Å²) in [5.74, 6) is -1.63. The van der Waals surface area contributed by atoms with Crippen LogP contribution in [-0.2, 0) is 48.0 Å². The minimum Gasteiger partial charge on any atom is -0.497 e. The molecule has 3 N–H and O–H groups in total. The fraction of sp³-hybridized carbons (Fsp3) is 0.415. The monoisotopic (exact) mass is 770 g/mol. The van der Waals surface area contributed by atoms with Crippen LogP contribution < -0.4 is 30.2 Å². The Morgan fingerprint density at radius 1 is 0.607 bits per heavy atom. The lowest BCUT2D eigenvalue weighted by Crippen LogP contribution is -2.61. The third-order valence-electron chi connectivity index (χ3n) is 10.4. The molecule has 0 aliphatic carbocycles. The molecule has 0 spiro atoms. The molecule has 15 nitrogen and oxygen atoms in total. The number of rotatable bonds is 4. The number of carbonyl (C=O) groups is 6. The van der Waals surface area contributed by atoms with E-state index < -0.39 is 71.7 Å². The summed E-state index contributed by atoms with van der Waals surface area (Å²) in [7, 11) is 7.45. The van der Waals surface area contributed by atoms with Gasteiger partial charge in [-0.05, 0) is 73.9 Å². The topological polar surface area (TPSA) is 176 Å². The number of hydrogen-bond acceptors (Lipinski definition) is 9. The van der Waals surface area contributed by atoms with Crippen molar-refractivity contribution in [1.82, 2.24) is 30.7 Å². The second kappa shape index (κ2) is 17.6. The van der Waals surface area contributed by atoms with Crippen LogP contribution in [0.1, 0.15) is 37.5 Å². The summed E-state index contributed by atoms with van der Waals surface area (Å²) in [5.41, 5.74) is 2.03. The van der Waals surface area contributed by atoms with Gasteiger partial charge < -0.3 is 44.9 Å². The number of ether oxygens (including phenoxy) is 3. The third kappa shape index (κ3) is 9.21. The van der Waals surface area contributed by atoms with E-state index in [1.165, 1.54) is 70.8 Å². The maximum Gasteiger partial charge on any atom is 0.246 e. The number of benzene rings is 3. The Kier molecular flexibility index (Phi) is 12.9. The van der Waals surface area contributed by atoms with Crippen molar-refractivity contribution in [2.24, 2.45) is 0 Å². The molecule has 56 heavy (non-hydrogen) atoms. The number of hydrogen-bond donors (Lipinski definition) is 3. The standard InChI is InChI=1S/C41H50N6O9/c1-23-36(48)43-24(2)39(51)45(4)31(19-26-9-14-29(54-7)15-10-26)38(50)44-25(3)40(52)47(6)33-20-27-11-16-30(17-12-27)56-35-22-28(13-18-34(35)55-8)21-32(37(49)42-23)46(5)41(33)53/h9-18,22-25,31-33H,19-21H2,1-8H3,(H,42,49)(H,43,48)(H,44,50)/t23-,24+,25+,31+,32+,33+/m1/s1. The number of nitrogens with zero attached hydrogens (tertiary/aromatic N) is 3. The lowest BCUT2D eigenvalue weighted by molar-refractivity contribution is -0.149. The van der Waals surface area contributed by atoms with Crippen molar-refractivity contribution in [3.05, 3.63) is 83.4 Å². The predicted octanol–water partition coefficient (Wildman–Crippen LogP) is 1.85. The van der Waals surface area contributed by atoms with Crippen molar-refractivity contribution in [2.75, 3.05) is 35.4 Å². The summed E-state index contributed by atoms with van der Waals surface area (Å²) in [5, 5.41) is 8.14. The zero-order valence-corrected chi connectivity index (χ0v) is 33.0. The Hall–Kier alpha value is -6.12. The van der Waals surface area contributed by atoms with Gasteiger partial charge in [0.15, 0.2) is 11.5 Å². The van der Waals surface area contributed by atoms with Crippen LogP contribution in [0.3, 0.4) is 0 Å². The van der Waals surface area contributed by atoms with Crippen LogP contribution in [0.2, 0.25) is 0 Å². The lowest BCUT2D eigenvalue weighted by atomic mass is 9.98. The summed E-state index contributed by atoms with van der Waals surface area (Å²) in [6, 6.07) is 12.5. The van der Waals surface area contributed by atoms with Crippen LogP contribution in [0.25, 0.3) is 0 Å². The molecule has 0 radical (unpaired) electrons. The average molecular weight is 771 g/mol. The SMILES string of the molecule is COc1ccc(C[C@H]2C(=O)N[C@@H](C)C(=O)N(C)[C@H]3Cc4ccc(cc4)Oc4cc(ccc4OC)C[C@@H](C(=O)N[C@H](C)C(=O)N[C@@H](C)C(=O)N2C)N(C)C3=O)cc1. The van der Waals surface area contributed by atoms with E-state index in [1.54, 1.807) is 66.7 Å². The van der Waals surface area contributed by atoms with E-state index in [2.05, 4.69) is 16.0 Å². The predicted molar refractivity (Wildman–Crippen MR) is 206 cm³/mol. The highest BCUT2D eigenvalue weighted by atomic mass is 16.5. The molecule has 1 fully saturated rings. The third-order valence-corrected chi connectivity index (χ3v) is 10.4. The van der Waals surface area contributed by atoms with Gasteiger partial charge in [-0.1, -0.05) is 30.3 Å². The highest BCUT2D eigenvalue weighted by molar-refractivity contribution is 5.98. The van der Waals surface area contributed by atoms with Gasteiger partial charge in [0, 0.05) is 40.4 Å². The maximum absolute atomic E-state index is 14.7. The molecule has 6 bridgehead atoms. The molecule has 3 heterocycles. The first-order valence-electron chi connectivity index (χ1n) is 18.4. The fourth-order valence-electron chi connectivity index (χ4n) is 6.83. The number of likely N-dealkylation sites (N-methyl/N-ethyl adjacent to an activating group) is 3. The molecule has 6 atom stereocenters. The van der Waals surface area contributed by atoms with E-state index in [0.29, 0.717) is 39.7 Å². The van der Waals surface area contributed by atoms with Crippen molar-refractivity contribution in [3.8, 4) is 23.0 Å². The van der Waals surface area contributed by atoms with Crippen LogP contribution in [-0.4, -0.2) is 122 Å². The van der Waals surface area contributed by atoms with Crippen molar-refractivity contribution < 1.29 is 43.0 Å². The number of nitrogens with one attached hydrogen (secondary N) is 3. The molecule has 3 aromatic rings. The number of carbonyl (C=O) groups excluding carboxylic acids is 6. The molecule has 298 valence electrons. The van der Waals surface area contributed by atoms with E-state index in [1.807, 2.05) is 0 Å². The summed E-state index contributed by atoms with van der Waals surface area (Å²) in [6.45, 7) is 4.46. The Balaban J connectivity index is 1.57. The maximum atomic E-state index is 14.7. The molecule has 15 heteroatoms. The van der Waals surface area contributed by atoms with Crippen LogP contribution in [0, 0.1) is 0 Å². The first-order chi connectivity index (χ1) is 26.6. The normalized spacial score (nSPS) is 24.3. The Bertz CT molecular complexity index is 1950. The summed E-state index contributed by atoms with van der Waals surface area (Å²) < 4.78 is 17.0. The average Bonchev–Trinajstić information content (AvgIpc) is 3.19. The van der Waals surface area contributed by atoms with Crippen LogP contribution in [0.5, 0.6) is 23.0 Å². The van der Waals surface area contributed by atoms with Gasteiger partial charge in [0.05, 0.1) is 14.2 Å². The minimum atomic E-state index is -1.16. The summed E-state index contributed by atoms with van der Waals surface area (Å²) in [6.07, 6.45) is 0.139. The minimum absolute atomic E-state index is 0.00641. The zero-order chi connectivity index (χ0) is 40.8. The smallest absolute Gasteiger partial charge is 0.246 e. The fourth-order valence-corrected chi connectivity index (χ4v) is 6.83. The molecule has 3 aromatic carbocycles. The van der Waals surface area contributed by atoms with Crippen molar-refractivity contribution >= 4 is 35.4 Å². The first kappa shape index (κ1) is 41.1. The number of amides is 6. The van der Waals surface area contributed by atoms with Gasteiger partial charge >= 0.3 is 0 Å². The Morgan fingerprint density at radius 3 is 1.79 bits per heavy atom. The number of methoxy groups -OCH3 is 2. The van der Waals surface area contributed by atoms with E-state index in [0.717, 1.165) is 0 Å². The van der Waals surface area contributed by atoms with Gasteiger partial charge in [0.1, 0.15) is 47.8 Å². The molecule has 0 unspecified atom stereocenters. The quantitative estimate of drug-likeness (QED) is 0.358. The molecule has 3 aliphatic rings. The van der Waals surface area contributed by atoms with Crippen LogP contribution >= 0.6 is 0 Å². The molecular weight excluding hydrogens is 720 g/mol. The van der Waals surface area contributed by atoms with Gasteiger partial charge in [0.25, 0.3) is 0 Å². The molecule has 6 amide bonds. The highest BCUT2D eigenvalue weighted by Gasteiger charge is 2.39.